The molecule has 3 aromatic carbocycles. The summed E-state index contributed by atoms with van der Waals surface area (Å²) in [6.45, 7) is 6.24. The lowest BCUT2D eigenvalue weighted by Gasteiger charge is -2.09. The average molecular weight is 435 g/mol. The van der Waals surface area contributed by atoms with Crippen molar-refractivity contribution in [3.8, 4) is 11.4 Å². The number of rotatable bonds is 5. The number of amides is 1. The Morgan fingerprint density at radius 1 is 1.03 bits per heavy atom. The number of carbonyl (C=O) groups excluding carboxylic acids is 1. The topological polar surface area (TPSA) is 69.0 Å². The van der Waals surface area contributed by atoms with Crippen molar-refractivity contribution in [1.82, 2.24) is 15.0 Å². The monoisotopic (exact) mass is 434 g/mol. The van der Waals surface area contributed by atoms with Crippen molar-refractivity contribution in [3.63, 3.8) is 0 Å². The highest BCUT2D eigenvalue weighted by Crippen LogP contribution is 2.27. The average Bonchev–Trinajstić information content (AvgIpc) is 3.16. The summed E-state index contributed by atoms with van der Waals surface area (Å²) in [5.74, 6) is 0.727. The van der Waals surface area contributed by atoms with Gasteiger partial charge >= 0.3 is 0 Å². The quantitative estimate of drug-likeness (QED) is 0.433. The van der Waals surface area contributed by atoms with Crippen LogP contribution in [-0.2, 0) is 0 Å². The zero-order valence-electron chi connectivity index (χ0n) is 17.8. The Morgan fingerprint density at radius 3 is 2.32 bits per heavy atom. The number of fused-ring (bicyclic) bond motifs is 1. The normalized spacial score (nSPS) is 11.2. The van der Waals surface area contributed by atoms with Crippen LogP contribution < -0.4 is 10.1 Å². The molecule has 7 heteroatoms. The van der Waals surface area contributed by atoms with E-state index in [0.717, 1.165) is 16.8 Å². The van der Waals surface area contributed by atoms with Crippen LogP contribution in [0.1, 0.15) is 41.3 Å². The molecule has 0 bridgehead atoms. The Hall–Kier alpha value is -3.38. The molecule has 0 spiro atoms. The number of halogens is 1. The van der Waals surface area contributed by atoms with E-state index in [4.69, 9.17) is 16.3 Å². The largest absolute Gasteiger partial charge is 0.495 e. The fourth-order valence-electron chi connectivity index (χ4n) is 3.31. The van der Waals surface area contributed by atoms with Gasteiger partial charge in [0.25, 0.3) is 5.91 Å². The van der Waals surface area contributed by atoms with Crippen molar-refractivity contribution in [1.29, 1.82) is 0 Å². The number of methoxy groups -OCH3 is 1. The first-order valence-electron chi connectivity index (χ1n) is 9.98. The summed E-state index contributed by atoms with van der Waals surface area (Å²) in [6, 6.07) is 16.9. The molecule has 0 aliphatic heterocycles. The number of carbonyl (C=O) groups is 1. The van der Waals surface area contributed by atoms with Crippen LogP contribution >= 0.6 is 11.6 Å². The molecule has 1 amide bonds. The summed E-state index contributed by atoms with van der Waals surface area (Å²) in [5.41, 5.74) is 5.61. The maximum Gasteiger partial charge on any atom is 0.255 e. The van der Waals surface area contributed by atoms with Gasteiger partial charge in [0, 0.05) is 11.3 Å². The first-order chi connectivity index (χ1) is 14.9. The van der Waals surface area contributed by atoms with Gasteiger partial charge in [-0.15, -0.1) is 10.2 Å². The molecule has 0 aliphatic rings. The molecule has 1 aromatic heterocycles. The Kier molecular flexibility index (Phi) is 5.65. The molecule has 0 saturated heterocycles. The number of anilines is 1. The predicted octanol–water partition coefficient (Wildman–Crippen LogP) is 5.77. The third-order valence-corrected chi connectivity index (χ3v) is 5.47. The Labute approximate surface area is 185 Å². The van der Waals surface area contributed by atoms with E-state index >= 15 is 0 Å². The summed E-state index contributed by atoms with van der Waals surface area (Å²) >= 11 is 6.15. The van der Waals surface area contributed by atoms with Gasteiger partial charge in [-0.05, 0) is 66.4 Å². The fraction of sp³-hybridized carbons (Fsp3) is 0.208. The highest BCUT2D eigenvalue weighted by molar-refractivity contribution is 6.32. The van der Waals surface area contributed by atoms with Crippen LogP contribution in [0.5, 0.6) is 5.75 Å². The van der Waals surface area contributed by atoms with Crippen LogP contribution in [0.2, 0.25) is 5.02 Å². The summed E-state index contributed by atoms with van der Waals surface area (Å²) in [7, 11) is 1.53. The van der Waals surface area contributed by atoms with Crippen molar-refractivity contribution in [3.05, 3.63) is 76.3 Å². The zero-order valence-corrected chi connectivity index (χ0v) is 18.6. The van der Waals surface area contributed by atoms with E-state index in [9.17, 15) is 4.79 Å². The molecule has 0 fully saturated rings. The van der Waals surface area contributed by atoms with Crippen LogP contribution in [0.4, 0.5) is 5.69 Å². The van der Waals surface area contributed by atoms with E-state index in [2.05, 4.69) is 41.5 Å². The van der Waals surface area contributed by atoms with Gasteiger partial charge in [0.1, 0.15) is 16.8 Å². The lowest BCUT2D eigenvalue weighted by atomic mass is 10.0. The van der Waals surface area contributed by atoms with Gasteiger partial charge < -0.3 is 10.1 Å². The van der Waals surface area contributed by atoms with Crippen LogP contribution in [0.25, 0.3) is 16.7 Å². The van der Waals surface area contributed by atoms with Crippen LogP contribution in [0.15, 0.2) is 54.6 Å². The Morgan fingerprint density at radius 2 is 1.71 bits per heavy atom. The summed E-state index contributed by atoms with van der Waals surface area (Å²) < 4.78 is 5.14. The van der Waals surface area contributed by atoms with Gasteiger partial charge in [-0.1, -0.05) is 37.6 Å². The number of nitrogens with one attached hydrogen (secondary N) is 1. The van der Waals surface area contributed by atoms with E-state index < -0.39 is 0 Å². The number of ether oxygens (including phenoxy) is 1. The molecule has 31 heavy (non-hydrogen) atoms. The Bertz CT molecular complexity index is 1260. The van der Waals surface area contributed by atoms with Gasteiger partial charge in [0.05, 0.1) is 17.8 Å². The molecule has 0 unspecified atom stereocenters. The third-order valence-electron chi connectivity index (χ3n) is 5.18. The highest BCUT2D eigenvalue weighted by Gasteiger charge is 2.13. The van der Waals surface area contributed by atoms with Crippen LogP contribution in [-0.4, -0.2) is 28.0 Å². The summed E-state index contributed by atoms with van der Waals surface area (Å²) in [5, 5.41) is 12.5. The van der Waals surface area contributed by atoms with Crippen molar-refractivity contribution >= 4 is 34.2 Å². The van der Waals surface area contributed by atoms with Crippen molar-refractivity contribution in [2.45, 2.75) is 26.7 Å². The molecule has 6 nitrogen and oxygen atoms in total. The maximum absolute atomic E-state index is 12.7. The second kappa shape index (κ2) is 8.40. The first-order valence-corrected chi connectivity index (χ1v) is 10.4. The van der Waals surface area contributed by atoms with Gasteiger partial charge in [0.2, 0.25) is 0 Å². The zero-order chi connectivity index (χ0) is 22.1. The Balaban J connectivity index is 1.61. The minimum Gasteiger partial charge on any atom is -0.495 e. The molecule has 0 aliphatic carbocycles. The molecule has 4 aromatic rings. The third kappa shape index (κ3) is 4.25. The molecule has 1 heterocycles. The molecule has 0 radical (unpaired) electrons. The molecule has 158 valence electrons. The van der Waals surface area contributed by atoms with Crippen molar-refractivity contribution < 1.29 is 9.53 Å². The van der Waals surface area contributed by atoms with Gasteiger partial charge in [-0.25, -0.2) is 0 Å². The van der Waals surface area contributed by atoms with E-state index in [-0.39, 0.29) is 5.91 Å². The van der Waals surface area contributed by atoms with Gasteiger partial charge in [-0.3, -0.25) is 4.79 Å². The molecule has 4 rings (SSSR count). The number of aromatic nitrogens is 3. The SMILES string of the molecule is COc1ccc(C(=O)Nc2cc3nn(-c4ccc(C(C)C)cc4)nc3cc2C)cc1Cl. The summed E-state index contributed by atoms with van der Waals surface area (Å²) in [6.07, 6.45) is 0. The smallest absolute Gasteiger partial charge is 0.255 e. The number of nitrogens with zero attached hydrogens (tertiary/aromatic N) is 3. The lowest BCUT2D eigenvalue weighted by Crippen LogP contribution is -2.12. The number of hydrogen-bond donors (Lipinski definition) is 1. The minimum atomic E-state index is -0.260. The standard InChI is InChI=1S/C24H23ClN4O2/c1-14(2)16-5-8-18(9-6-16)29-27-21-11-15(3)20(13-22(21)28-29)26-24(30)17-7-10-23(31-4)19(25)12-17/h5-14H,1-4H3,(H,26,30). The number of hydrogen-bond acceptors (Lipinski definition) is 4. The van der Waals surface area contributed by atoms with E-state index in [0.29, 0.717) is 33.5 Å². The van der Waals surface area contributed by atoms with Crippen molar-refractivity contribution in [2.75, 3.05) is 12.4 Å². The first kappa shape index (κ1) is 20.9. The van der Waals surface area contributed by atoms with Crippen LogP contribution in [0.3, 0.4) is 0 Å². The molecule has 0 atom stereocenters. The molecule has 1 N–H and O–H groups in total. The molecule has 0 saturated carbocycles. The van der Waals surface area contributed by atoms with Gasteiger partial charge in [-0.2, -0.15) is 4.80 Å². The molecular weight excluding hydrogens is 412 g/mol. The van der Waals surface area contributed by atoms with E-state index in [1.807, 2.05) is 31.2 Å². The second-order valence-electron chi connectivity index (χ2n) is 7.69. The van der Waals surface area contributed by atoms with Crippen molar-refractivity contribution in [2.24, 2.45) is 0 Å². The van der Waals surface area contributed by atoms with Crippen LogP contribution in [0, 0.1) is 6.92 Å². The lowest BCUT2D eigenvalue weighted by molar-refractivity contribution is 0.102. The summed E-state index contributed by atoms with van der Waals surface area (Å²) in [4.78, 5) is 14.3. The number of benzene rings is 3. The predicted molar refractivity (Wildman–Crippen MR) is 124 cm³/mol. The minimum absolute atomic E-state index is 0.260. The van der Waals surface area contributed by atoms with Gasteiger partial charge in [0.15, 0.2) is 0 Å². The second-order valence-corrected chi connectivity index (χ2v) is 8.10. The maximum atomic E-state index is 12.7. The molecular formula is C24H23ClN4O2. The van der Waals surface area contributed by atoms with E-state index in [1.54, 1.807) is 23.0 Å². The number of aryl methyl sites for hydroxylation is 1. The fourth-order valence-corrected chi connectivity index (χ4v) is 3.57. The highest BCUT2D eigenvalue weighted by atomic mass is 35.5. The van der Waals surface area contributed by atoms with E-state index in [1.165, 1.54) is 12.7 Å².